The van der Waals surface area contributed by atoms with Gasteiger partial charge in [0.05, 0.1) is 80.4 Å². The highest BCUT2D eigenvalue weighted by molar-refractivity contribution is 5.94. The molecule has 0 radical (unpaired) electrons. The largest absolute Gasteiger partial charge is 0.481 e. The highest BCUT2D eigenvalue weighted by Crippen LogP contribution is 2.47. The van der Waals surface area contributed by atoms with Crippen molar-refractivity contribution in [1.82, 2.24) is 5.32 Å². The van der Waals surface area contributed by atoms with E-state index in [4.69, 9.17) is 28.8 Å². The van der Waals surface area contributed by atoms with Crippen LogP contribution in [0.1, 0.15) is 106 Å². The van der Waals surface area contributed by atoms with Crippen molar-refractivity contribution < 1.29 is 91.6 Å². The first kappa shape index (κ1) is 53.5. The van der Waals surface area contributed by atoms with Crippen LogP contribution in [0.25, 0.3) is 0 Å². The Morgan fingerprint density at radius 1 is 0.667 bits per heavy atom. The Kier molecular flexibility index (Phi) is 17.6. The molecule has 20 nitrogen and oxygen atoms in total. The number of ether oxygens (including phenoxy) is 7. The molecule has 0 spiro atoms. The van der Waals surface area contributed by atoms with Crippen molar-refractivity contribution in [2.75, 3.05) is 20.8 Å². The van der Waals surface area contributed by atoms with E-state index >= 15 is 0 Å². The van der Waals surface area contributed by atoms with Crippen LogP contribution < -0.4 is 5.32 Å². The number of amides is 1. The summed E-state index contributed by atoms with van der Waals surface area (Å²) in [4.78, 5) is 104. The second-order valence-corrected chi connectivity index (χ2v) is 19.8. The SMILES string of the molecule is C=C[C@@H]1C[C@]1(NC(=O)[C@@H]1C[C@H](O)C[C@H]1C(=O)OC(C)(C)C)C(=O)OCC.CC(C)(C)OC(=O)C1CC2CC1C(=O)O2.COC(=O)[C@@H]1CC(O)C[C@H]1C(=O)OC.O=C(O)C1CC2CC1C(=O)O2. The minimum Gasteiger partial charge on any atom is -0.481 e. The minimum absolute atomic E-state index is 0.0555. The summed E-state index contributed by atoms with van der Waals surface area (Å²) < 4.78 is 34.7. The van der Waals surface area contributed by atoms with E-state index in [1.165, 1.54) is 14.2 Å². The molecular formula is C46H67NO19. The number of nitrogens with one attached hydrogen (secondary N) is 1. The summed E-state index contributed by atoms with van der Waals surface area (Å²) in [5, 5.41) is 30.7. The molecule has 6 unspecified atom stereocenters. The van der Waals surface area contributed by atoms with E-state index in [1.807, 2.05) is 20.8 Å². The number of methoxy groups -OCH3 is 2. The van der Waals surface area contributed by atoms with Gasteiger partial charge in [0.1, 0.15) is 28.9 Å². The first-order valence-corrected chi connectivity index (χ1v) is 22.4. The first-order chi connectivity index (χ1) is 30.7. The highest BCUT2D eigenvalue weighted by Gasteiger charge is 2.62. The van der Waals surface area contributed by atoms with Gasteiger partial charge in [-0.2, -0.15) is 0 Å². The summed E-state index contributed by atoms with van der Waals surface area (Å²) in [7, 11) is 2.53. The molecule has 7 aliphatic rings. The van der Waals surface area contributed by atoms with Crippen LogP contribution >= 0.6 is 0 Å². The number of carboxylic acids is 1. The maximum atomic E-state index is 12.8. The summed E-state index contributed by atoms with van der Waals surface area (Å²) in [5.74, 6) is -8.23. The van der Waals surface area contributed by atoms with Crippen molar-refractivity contribution in [2.24, 2.45) is 53.3 Å². The molecule has 0 aromatic heterocycles. The van der Waals surface area contributed by atoms with E-state index in [1.54, 1.807) is 33.8 Å². The van der Waals surface area contributed by atoms with Gasteiger partial charge >= 0.3 is 47.8 Å². The number of aliphatic hydroxyl groups is 2. The fraction of sp³-hybridized carbons (Fsp3) is 0.761. The molecule has 5 saturated carbocycles. The second kappa shape index (κ2) is 21.7. The molecule has 4 N–H and O–H groups in total. The van der Waals surface area contributed by atoms with E-state index in [0.717, 1.165) is 0 Å². The number of rotatable bonds is 10. The number of esters is 7. The maximum absolute atomic E-state index is 12.8. The lowest BCUT2D eigenvalue weighted by Gasteiger charge is -2.26. The number of aliphatic hydroxyl groups excluding tert-OH is 2. The van der Waals surface area contributed by atoms with Gasteiger partial charge in [0.2, 0.25) is 5.91 Å². The normalized spacial score (nSPS) is 33.4. The van der Waals surface area contributed by atoms with Crippen LogP contribution in [0.3, 0.4) is 0 Å². The van der Waals surface area contributed by atoms with Crippen LogP contribution in [-0.4, -0.2) is 131 Å². The summed E-state index contributed by atoms with van der Waals surface area (Å²) in [5.41, 5.74) is -2.27. The lowest BCUT2D eigenvalue weighted by atomic mass is 9.94. The number of fused-ring (bicyclic) bond motifs is 4. The van der Waals surface area contributed by atoms with E-state index in [0.29, 0.717) is 32.1 Å². The lowest BCUT2D eigenvalue weighted by Crippen LogP contribution is -2.49. The van der Waals surface area contributed by atoms with Gasteiger partial charge in [-0.15, -0.1) is 6.58 Å². The summed E-state index contributed by atoms with van der Waals surface area (Å²) in [6.45, 7) is 16.3. The molecule has 13 atom stereocenters. The fourth-order valence-corrected chi connectivity index (χ4v) is 9.46. The van der Waals surface area contributed by atoms with Crippen LogP contribution in [0, 0.1) is 53.3 Å². The number of hydrogen-bond acceptors (Lipinski definition) is 18. The van der Waals surface area contributed by atoms with Crippen LogP contribution in [0.15, 0.2) is 12.7 Å². The zero-order chi connectivity index (χ0) is 49.6. The topological polar surface area (TPSA) is 291 Å². The monoisotopic (exact) mass is 937 g/mol. The standard InChI is InChI=1S/C19H29NO6.C11H16O4.C9H14O5.C7H8O4/c1-6-11-10-19(11,17(24)25-7-2)20-15(22)13-8-12(21)9-14(13)16(23)26-18(3,4)5;1-11(2,3)15-10(13)8-5-6-4-7(8)9(12)14-6;1-13-8(11)6-3-5(10)4-7(6)9(12)14-2;8-6(9)4-1-3-2-5(4)7(10)11-3/h6,11-14,21H,1,7-10H2,2-5H3,(H,20,22);6-8H,4-5H2,1-3H3;5-7,10H,3-4H2,1-2H3;3-5H,1-2H2,(H,8,9)/t11-,12+,13-,14-,19-;;6-,7-;/m1.1./s1. The average Bonchev–Trinajstić information content (AvgIpc) is 3.93. The van der Waals surface area contributed by atoms with Crippen molar-refractivity contribution in [2.45, 2.75) is 147 Å². The highest BCUT2D eigenvalue weighted by atomic mass is 16.6. The Morgan fingerprint density at radius 2 is 1.08 bits per heavy atom. The number of aliphatic carboxylic acids is 1. The van der Waals surface area contributed by atoms with Crippen molar-refractivity contribution in [1.29, 1.82) is 0 Å². The molecule has 20 heteroatoms. The third kappa shape index (κ3) is 13.3. The lowest BCUT2D eigenvalue weighted by molar-refractivity contribution is -0.169. The van der Waals surface area contributed by atoms with Gasteiger partial charge < -0.3 is 53.8 Å². The van der Waals surface area contributed by atoms with E-state index in [-0.39, 0.29) is 86.1 Å². The summed E-state index contributed by atoms with van der Waals surface area (Å²) >= 11 is 0. The van der Waals surface area contributed by atoms with E-state index in [9.17, 15) is 53.4 Å². The molecule has 7 fully saturated rings. The van der Waals surface area contributed by atoms with Crippen molar-refractivity contribution in [3.05, 3.63) is 12.7 Å². The smallest absolute Gasteiger partial charge is 0.332 e. The fourth-order valence-electron chi connectivity index (χ4n) is 9.46. The first-order valence-electron chi connectivity index (χ1n) is 22.4. The van der Waals surface area contributed by atoms with Crippen molar-refractivity contribution in [3.63, 3.8) is 0 Å². The van der Waals surface area contributed by atoms with Gasteiger partial charge in [0.15, 0.2) is 0 Å². The molecule has 0 aromatic carbocycles. The Labute approximate surface area is 384 Å². The minimum atomic E-state index is -1.11. The van der Waals surface area contributed by atoms with E-state index < -0.39 is 94.3 Å². The molecule has 370 valence electrons. The molecule has 0 aromatic rings. The van der Waals surface area contributed by atoms with Gasteiger partial charge in [-0.25, -0.2) is 4.79 Å². The zero-order valence-corrected chi connectivity index (χ0v) is 39.2. The predicted octanol–water partition coefficient (Wildman–Crippen LogP) is 2.36. The number of carboxylic acid groups (broad SMARTS) is 1. The Hall–Kier alpha value is -5.11. The van der Waals surface area contributed by atoms with Crippen LogP contribution in [-0.2, 0) is 76.3 Å². The van der Waals surface area contributed by atoms with Crippen LogP contribution in [0.5, 0.6) is 0 Å². The molecule has 7 rings (SSSR count). The van der Waals surface area contributed by atoms with E-state index in [2.05, 4.69) is 21.4 Å². The molecule has 66 heavy (non-hydrogen) atoms. The van der Waals surface area contributed by atoms with Gasteiger partial charge in [-0.3, -0.25) is 38.4 Å². The second-order valence-electron chi connectivity index (χ2n) is 19.8. The molecule has 4 bridgehead atoms. The number of carbonyl (C=O) groups is 9. The molecular weight excluding hydrogens is 870 g/mol. The van der Waals surface area contributed by atoms with Crippen LogP contribution in [0.4, 0.5) is 0 Å². The molecule has 2 aliphatic heterocycles. The Balaban J connectivity index is 0.000000204. The van der Waals surface area contributed by atoms with Gasteiger partial charge in [0.25, 0.3) is 0 Å². The van der Waals surface area contributed by atoms with Crippen LogP contribution in [0.2, 0.25) is 0 Å². The Bertz CT molecular complexity index is 1840. The van der Waals surface area contributed by atoms with Gasteiger partial charge in [-0.1, -0.05) is 6.08 Å². The zero-order valence-electron chi connectivity index (χ0n) is 39.2. The quantitative estimate of drug-likeness (QED) is 0.139. The molecule has 2 heterocycles. The van der Waals surface area contributed by atoms with Crippen molar-refractivity contribution in [3.8, 4) is 0 Å². The maximum Gasteiger partial charge on any atom is 0.332 e. The molecule has 1 amide bonds. The molecule has 2 saturated heterocycles. The van der Waals surface area contributed by atoms with Gasteiger partial charge in [-0.05, 0) is 106 Å². The number of hydrogen-bond donors (Lipinski definition) is 4. The summed E-state index contributed by atoms with van der Waals surface area (Å²) in [6.07, 6.45) is 3.79. The van der Waals surface area contributed by atoms with Crippen molar-refractivity contribution >= 4 is 53.7 Å². The molecule has 5 aliphatic carbocycles. The third-order valence-corrected chi connectivity index (χ3v) is 12.7. The van der Waals surface area contributed by atoms with Gasteiger partial charge in [0, 0.05) is 5.92 Å². The Morgan fingerprint density at radius 3 is 1.42 bits per heavy atom. The predicted molar refractivity (Wildman–Crippen MR) is 226 cm³/mol. The average molecular weight is 938 g/mol. The third-order valence-electron chi connectivity index (χ3n) is 12.7. The number of carbonyl (C=O) groups excluding carboxylic acids is 8. The summed E-state index contributed by atoms with van der Waals surface area (Å²) in [6, 6.07) is 0.